The van der Waals surface area contributed by atoms with Gasteiger partial charge < -0.3 is 9.84 Å². The van der Waals surface area contributed by atoms with Crippen LogP contribution in [0.3, 0.4) is 0 Å². The Balaban J connectivity index is 1.98. The predicted octanol–water partition coefficient (Wildman–Crippen LogP) is 7.75. The number of hydrogen-bond donors (Lipinski definition) is 1. The Hall–Kier alpha value is -3.24. The molecule has 0 fully saturated rings. The van der Waals surface area contributed by atoms with Crippen molar-refractivity contribution in [1.29, 1.82) is 0 Å². The monoisotopic (exact) mass is 513 g/mol. The summed E-state index contributed by atoms with van der Waals surface area (Å²) < 4.78 is 4.82. The number of pyridine rings is 1. The highest BCUT2D eigenvalue weighted by Gasteiger charge is 2.31. The van der Waals surface area contributed by atoms with Crippen LogP contribution in [-0.4, -0.2) is 28.8 Å². The van der Waals surface area contributed by atoms with Gasteiger partial charge >= 0.3 is 5.97 Å². The molecule has 0 aliphatic carbocycles. The van der Waals surface area contributed by atoms with Gasteiger partial charge in [-0.3, -0.25) is 9.78 Å². The summed E-state index contributed by atoms with van der Waals surface area (Å²) in [5.41, 5.74) is 8.25. The molecule has 0 atom stereocenters. The summed E-state index contributed by atoms with van der Waals surface area (Å²) in [6.07, 6.45) is 11.2. The molecule has 0 aliphatic rings. The quantitative estimate of drug-likeness (QED) is 0.266. The highest BCUT2D eigenvalue weighted by Crippen LogP contribution is 2.41. The van der Waals surface area contributed by atoms with Gasteiger partial charge in [0.2, 0.25) is 0 Å². The van der Waals surface area contributed by atoms with E-state index in [2.05, 4.69) is 75.2 Å². The van der Waals surface area contributed by atoms with Gasteiger partial charge in [0.25, 0.3) is 0 Å². The smallest absolute Gasteiger partial charge is 0.310 e. The Morgan fingerprint density at radius 2 is 1.53 bits per heavy atom. The minimum Gasteiger partial charge on any atom is -0.469 e. The van der Waals surface area contributed by atoms with Crippen LogP contribution < -0.4 is 0 Å². The number of ether oxygens (including phenoxy) is 1. The Morgan fingerprint density at radius 1 is 0.895 bits per heavy atom. The third kappa shape index (κ3) is 6.24. The van der Waals surface area contributed by atoms with Gasteiger partial charge in [-0.05, 0) is 84.5 Å². The van der Waals surface area contributed by atoms with E-state index in [9.17, 15) is 9.90 Å². The van der Waals surface area contributed by atoms with Crippen molar-refractivity contribution in [2.45, 2.75) is 84.7 Å². The molecule has 2 aromatic carbocycles. The molecule has 38 heavy (non-hydrogen) atoms. The van der Waals surface area contributed by atoms with Gasteiger partial charge in [0.1, 0.15) is 0 Å². The molecular formula is C34H43NO3. The molecule has 202 valence electrons. The third-order valence-corrected chi connectivity index (χ3v) is 8.29. The average Bonchev–Trinajstić information content (AvgIpc) is 2.93. The van der Waals surface area contributed by atoms with Crippen molar-refractivity contribution in [3.63, 3.8) is 0 Å². The lowest BCUT2D eigenvalue weighted by Crippen LogP contribution is -2.26. The maximum Gasteiger partial charge on any atom is 0.310 e. The van der Waals surface area contributed by atoms with Crippen LogP contribution in [0.2, 0.25) is 0 Å². The van der Waals surface area contributed by atoms with Gasteiger partial charge in [-0.2, -0.15) is 0 Å². The first-order valence-corrected chi connectivity index (χ1v) is 13.8. The molecule has 0 spiro atoms. The highest BCUT2D eigenvalue weighted by atomic mass is 16.5. The van der Waals surface area contributed by atoms with Gasteiger partial charge in [-0.1, -0.05) is 76.2 Å². The molecule has 0 unspecified atom stereocenters. The van der Waals surface area contributed by atoms with E-state index in [1.54, 1.807) is 6.20 Å². The molecule has 1 heterocycles. The Bertz CT molecular complexity index is 1280. The van der Waals surface area contributed by atoms with Crippen LogP contribution in [0.5, 0.6) is 0 Å². The van der Waals surface area contributed by atoms with Crippen molar-refractivity contribution in [2.75, 3.05) is 7.11 Å². The van der Waals surface area contributed by atoms with Crippen molar-refractivity contribution in [2.24, 2.45) is 0 Å². The fourth-order valence-electron chi connectivity index (χ4n) is 5.38. The van der Waals surface area contributed by atoms with Gasteiger partial charge in [0, 0.05) is 23.4 Å². The van der Waals surface area contributed by atoms with Crippen molar-refractivity contribution in [3.8, 4) is 11.1 Å². The van der Waals surface area contributed by atoms with E-state index < -0.39 is 5.60 Å². The number of carbonyl (C=O) groups excluding carboxylic acids is 1. The van der Waals surface area contributed by atoms with E-state index in [0.29, 0.717) is 12.8 Å². The lowest BCUT2D eigenvalue weighted by molar-refractivity contribution is -0.139. The molecule has 3 aromatic rings. The number of aliphatic hydroxyl groups is 1. The summed E-state index contributed by atoms with van der Waals surface area (Å²) in [4.78, 5) is 16.1. The van der Waals surface area contributed by atoms with E-state index in [0.717, 1.165) is 35.1 Å². The number of hydrogen-bond acceptors (Lipinski definition) is 4. The molecule has 1 N–H and O–H groups in total. The Kier molecular flexibility index (Phi) is 9.67. The second-order valence-corrected chi connectivity index (χ2v) is 10.4. The predicted molar refractivity (Wildman–Crippen MR) is 157 cm³/mol. The van der Waals surface area contributed by atoms with Crippen LogP contribution in [0.4, 0.5) is 0 Å². The molecule has 1 aromatic heterocycles. The van der Waals surface area contributed by atoms with Gasteiger partial charge in [0.15, 0.2) is 0 Å². The summed E-state index contributed by atoms with van der Waals surface area (Å²) in [6.45, 7) is 12.9. The third-order valence-electron chi connectivity index (χ3n) is 8.29. The van der Waals surface area contributed by atoms with Crippen LogP contribution in [0.15, 0.2) is 60.9 Å². The van der Waals surface area contributed by atoms with Gasteiger partial charge in [-0.25, -0.2) is 0 Å². The minimum absolute atomic E-state index is 0.102. The Labute approximate surface area is 228 Å². The molecule has 4 nitrogen and oxygen atoms in total. The number of benzene rings is 2. The normalized spacial score (nSPS) is 12.2. The van der Waals surface area contributed by atoms with Crippen LogP contribution in [0.25, 0.3) is 17.2 Å². The second-order valence-electron chi connectivity index (χ2n) is 10.4. The number of carbonyl (C=O) groups is 1. The summed E-state index contributed by atoms with van der Waals surface area (Å²) in [5.74, 6) is -0.269. The van der Waals surface area contributed by atoms with Crippen molar-refractivity contribution < 1.29 is 14.6 Å². The van der Waals surface area contributed by atoms with Crippen LogP contribution in [0.1, 0.15) is 86.8 Å². The van der Waals surface area contributed by atoms with Crippen LogP contribution in [0, 0.1) is 13.8 Å². The summed E-state index contributed by atoms with van der Waals surface area (Å²) in [6, 6.07) is 15.5. The van der Waals surface area contributed by atoms with E-state index >= 15 is 0 Å². The fourth-order valence-corrected chi connectivity index (χ4v) is 5.38. The number of esters is 1. The molecule has 0 amide bonds. The molecule has 0 aliphatic heterocycles. The Morgan fingerprint density at radius 3 is 2.08 bits per heavy atom. The molecule has 4 heteroatoms. The van der Waals surface area contributed by atoms with E-state index in [1.165, 1.54) is 29.4 Å². The van der Waals surface area contributed by atoms with E-state index in [-0.39, 0.29) is 17.8 Å². The van der Waals surface area contributed by atoms with E-state index in [1.807, 2.05) is 32.2 Å². The van der Waals surface area contributed by atoms with Crippen molar-refractivity contribution >= 4 is 12.0 Å². The van der Waals surface area contributed by atoms with Crippen LogP contribution in [-0.2, 0) is 21.4 Å². The topological polar surface area (TPSA) is 59.4 Å². The zero-order valence-electron chi connectivity index (χ0n) is 24.1. The first kappa shape index (κ1) is 29.3. The molecule has 0 radical (unpaired) electrons. The number of methoxy groups -OCH3 is 1. The highest BCUT2D eigenvalue weighted by molar-refractivity contribution is 5.74. The number of aromatic nitrogens is 1. The lowest BCUT2D eigenvalue weighted by atomic mass is 9.69. The number of rotatable bonds is 11. The summed E-state index contributed by atoms with van der Waals surface area (Å²) >= 11 is 0. The summed E-state index contributed by atoms with van der Waals surface area (Å²) in [5, 5.41) is 10.7. The van der Waals surface area contributed by atoms with Crippen LogP contribution >= 0.6 is 0 Å². The number of aryl methyl sites for hydroxylation is 2. The zero-order valence-corrected chi connectivity index (χ0v) is 24.1. The first-order valence-electron chi connectivity index (χ1n) is 13.8. The van der Waals surface area contributed by atoms with Gasteiger partial charge in [0.05, 0.1) is 19.1 Å². The average molecular weight is 514 g/mol. The largest absolute Gasteiger partial charge is 0.469 e. The van der Waals surface area contributed by atoms with Crippen molar-refractivity contribution in [1.82, 2.24) is 4.98 Å². The maximum absolute atomic E-state index is 11.7. The standard InChI is InChI=1S/C34H43NO3/c1-8-33(37,9-2)17-16-27-12-13-29(18-24(27)5)34(10-3,11-4)30-14-15-31(25(6)19-30)28-20-26(22-35-23-28)21-32(36)38-7/h12-20,22-23,37H,8-11,21H2,1-7H3/b17-16+. The lowest BCUT2D eigenvalue weighted by Gasteiger charge is -2.34. The molecule has 3 rings (SSSR count). The van der Waals surface area contributed by atoms with Crippen molar-refractivity contribution in [3.05, 3.63) is 94.3 Å². The molecule has 0 saturated carbocycles. The van der Waals surface area contributed by atoms with E-state index in [4.69, 9.17) is 4.74 Å². The minimum atomic E-state index is -0.755. The number of nitrogens with zero attached hydrogens (tertiary/aromatic N) is 1. The molecule has 0 bridgehead atoms. The van der Waals surface area contributed by atoms with Gasteiger partial charge in [-0.15, -0.1) is 0 Å². The molecule has 0 saturated heterocycles. The maximum atomic E-state index is 11.7. The fraction of sp³-hybridized carbons (Fsp3) is 0.412. The second kappa shape index (κ2) is 12.5. The molecular weight excluding hydrogens is 470 g/mol. The zero-order chi connectivity index (χ0) is 27.9. The SMILES string of the molecule is CCC(O)(/C=C/c1ccc(C(CC)(CC)c2ccc(-c3cncc(CC(=O)OC)c3)c(C)c2)cc1C)CC. The summed E-state index contributed by atoms with van der Waals surface area (Å²) in [7, 11) is 1.40. The first-order chi connectivity index (χ1) is 18.1.